The molecule has 1 aromatic heterocycles. The van der Waals surface area contributed by atoms with Gasteiger partial charge in [-0.05, 0) is 30.2 Å². The van der Waals surface area contributed by atoms with Gasteiger partial charge < -0.3 is 15.0 Å². The van der Waals surface area contributed by atoms with E-state index < -0.39 is 6.09 Å². The number of nitrogens with zero attached hydrogens (tertiary/aromatic N) is 1. The monoisotopic (exact) mass is 399 g/mol. The van der Waals surface area contributed by atoms with Crippen molar-refractivity contribution in [2.45, 2.75) is 19.6 Å². The number of carbonyl (C=O) groups excluding carboxylic acids is 1. The molecular weight excluding hydrogens is 382 g/mol. The third-order valence-electron chi connectivity index (χ3n) is 3.71. The summed E-state index contributed by atoms with van der Waals surface area (Å²) in [7, 11) is 0. The normalized spacial score (nSPS) is 11.8. The average Bonchev–Trinajstić information content (AvgIpc) is 3.12. The number of hydrogen-bond donors (Lipinski definition) is 2. The number of carbonyl (C=O) groups is 1. The van der Waals surface area contributed by atoms with Gasteiger partial charge in [-0.1, -0.05) is 58.4 Å². The molecule has 1 atom stereocenters. The van der Waals surface area contributed by atoms with Crippen molar-refractivity contribution in [2.75, 3.05) is 0 Å². The van der Waals surface area contributed by atoms with Crippen molar-refractivity contribution in [1.82, 2.24) is 15.3 Å². The summed E-state index contributed by atoms with van der Waals surface area (Å²) >= 11 is 3.42. The number of aromatic amines is 1. The molecule has 0 saturated carbocycles. The SMILES string of the molecule is C[C@H](NC(=O)OCc1ccccc1)c1ncc(-c2ccc(Br)cc2)[nH]1. The van der Waals surface area contributed by atoms with Crippen LogP contribution in [0, 0.1) is 0 Å². The van der Waals surface area contributed by atoms with Gasteiger partial charge in [0.2, 0.25) is 0 Å². The number of H-pyrrole nitrogens is 1. The van der Waals surface area contributed by atoms with E-state index in [2.05, 4.69) is 31.2 Å². The van der Waals surface area contributed by atoms with Gasteiger partial charge in [0.15, 0.2) is 0 Å². The van der Waals surface area contributed by atoms with E-state index in [1.165, 1.54) is 0 Å². The van der Waals surface area contributed by atoms with Gasteiger partial charge in [0.1, 0.15) is 12.4 Å². The van der Waals surface area contributed by atoms with Crippen LogP contribution in [0.3, 0.4) is 0 Å². The van der Waals surface area contributed by atoms with E-state index >= 15 is 0 Å². The Kier molecular flexibility index (Phi) is 5.50. The van der Waals surface area contributed by atoms with Crippen molar-refractivity contribution >= 4 is 22.0 Å². The molecule has 2 aromatic carbocycles. The molecule has 3 aromatic rings. The Morgan fingerprint density at radius 2 is 1.92 bits per heavy atom. The molecule has 0 aliphatic rings. The molecule has 0 bridgehead atoms. The molecule has 2 N–H and O–H groups in total. The predicted molar refractivity (Wildman–Crippen MR) is 99.9 cm³/mol. The van der Waals surface area contributed by atoms with Crippen molar-refractivity contribution in [2.24, 2.45) is 0 Å². The van der Waals surface area contributed by atoms with E-state index in [-0.39, 0.29) is 12.6 Å². The number of alkyl carbamates (subject to hydrolysis) is 1. The summed E-state index contributed by atoms with van der Waals surface area (Å²) in [6.07, 6.45) is 1.28. The highest BCUT2D eigenvalue weighted by molar-refractivity contribution is 9.10. The molecular formula is C19H18BrN3O2. The number of rotatable bonds is 5. The molecule has 1 heterocycles. The Bertz CT molecular complexity index is 831. The summed E-state index contributed by atoms with van der Waals surface area (Å²) in [4.78, 5) is 19.5. The molecule has 0 aliphatic carbocycles. The first kappa shape index (κ1) is 17.2. The summed E-state index contributed by atoms with van der Waals surface area (Å²) in [5.74, 6) is 0.676. The van der Waals surface area contributed by atoms with Crippen LogP contribution in [0.4, 0.5) is 4.79 Å². The highest BCUT2D eigenvalue weighted by Gasteiger charge is 2.14. The van der Waals surface area contributed by atoms with Crippen molar-refractivity contribution in [3.63, 3.8) is 0 Å². The van der Waals surface area contributed by atoms with E-state index in [1.807, 2.05) is 61.5 Å². The number of hydrogen-bond acceptors (Lipinski definition) is 3. The lowest BCUT2D eigenvalue weighted by Crippen LogP contribution is -2.27. The van der Waals surface area contributed by atoms with Crippen LogP contribution in [0.15, 0.2) is 65.3 Å². The Morgan fingerprint density at radius 3 is 2.64 bits per heavy atom. The number of nitrogens with one attached hydrogen (secondary N) is 2. The minimum Gasteiger partial charge on any atom is -0.445 e. The summed E-state index contributed by atoms with van der Waals surface area (Å²) in [5, 5.41) is 2.78. The third kappa shape index (κ3) is 4.70. The number of benzene rings is 2. The van der Waals surface area contributed by atoms with Gasteiger partial charge in [-0.25, -0.2) is 9.78 Å². The maximum atomic E-state index is 11.9. The van der Waals surface area contributed by atoms with Gasteiger partial charge in [-0.3, -0.25) is 0 Å². The number of halogens is 1. The van der Waals surface area contributed by atoms with Crippen LogP contribution in [-0.4, -0.2) is 16.1 Å². The Balaban J connectivity index is 1.57. The first-order valence-corrected chi connectivity index (χ1v) is 8.69. The van der Waals surface area contributed by atoms with Gasteiger partial charge in [-0.15, -0.1) is 0 Å². The number of ether oxygens (including phenoxy) is 1. The molecule has 1 amide bonds. The van der Waals surface area contributed by atoms with Crippen molar-refractivity contribution in [1.29, 1.82) is 0 Å². The van der Waals surface area contributed by atoms with Gasteiger partial charge in [0.05, 0.1) is 17.9 Å². The van der Waals surface area contributed by atoms with Crippen LogP contribution in [0.25, 0.3) is 11.3 Å². The van der Waals surface area contributed by atoms with Crippen LogP contribution in [0.1, 0.15) is 24.4 Å². The maximum Gasteiger partial charge on any atom is 0.408 e. The Morgan fingerprint density at radius 1 is 1.20 bits per heavy atom. The average molecular weight is 400 g/mol. The lowest BCUT2D eigenvalue weighted by Gasteiger charge is -2.12. The van der Waals surface area contributed by atoms with Crippen LogP contribution in [-0.2, 0) is 11.3 Å². The molecule has 3 rings (SSSR count). The fourth-order valence-corrected chi connectivity index (χ4v) is 2.61. The molecule has 0 aliphatic heterocycles. The number of imidazole rings is 1. The van der Waals surface area contributed by atoms with Gasteiger partial charge in [0, 0.05) is 4.47 Å². The fraction of sp³-hybridized carbons (Fsp3) is 0.158. The van der Waals surface area contributed by atoms with E-state index in [0.717, 1.165) is 21.3 Å². The van der Waals surface area contributed by atoms with Gasteiger partial charge in [-0.2, -0.15) is 0 Å². The highest BCUT2D eigenvalue weighted by Crippen LogP contribution is 2.21. The first-order valence-electron chi connectivity index (χ1n) is 7.90. The van der Waals surface area contributed by atoms with Crippen LogP contribution >= 0.6 is 15.9 Å². The Labute approximate surface area is 154 Å². The second-order valence-electron chi connectivity index (χ2n) is 5.62. The molecule has 6 heteroatoms. The lowest BCUT2D eigenvalue weighted by molar-refractivity contribution is 0.136. The van der Waals surface area contributed by atoms with Crippen LogP contribution in [0.2, 0.25) is 0 Å². The zero-order chi connectivity index (χ0) is 17.6. The molecule has 5 nitrogen and oxygen atoms in total. The van der Waals surface area contributed by atoms with Gasteiger partial charge in [0.25, 0.3) is 0 Å². The third-order valence-corrected chi connectivity index (χ3v) is 4.24. The van der Waals surface area contributed by atoms with Gasteiger partial charge >= 0.3 is 6.09 Å². The number of aromatic nitrogens is 2. The van der Waals surface area contributed by atoms with E-state index in [9.17, 15) is 4.79 Å². The smallest absolute Gasteiger partial charge is 0.408 e. The highest BCUT2D eigenvalue weighted by atomic mass is 79.9. The summed E-state index contributed by atoms with van der Waals surface area (Å²) in [6, 6.07) is 17.2. The van der Waals surface area contributed by atoms with Crippen molar-refractivity contribution in [3.8, 4) is 11.3 Å². The van der Waals surface area contributed by atoms with Crippen LogP contribution < -0.4 is 5.32 Å². The topological polar surface area (TPSA) is 67.0 Å². The molecule has 0 spiro atoms. The largest absolute Gasteiger partial charge is 0.445 e. The van der Waals surface area contributed by atoms with Crippen molar-refractivity contribution < 1.29 is 9.53 Å². The minimum atomic E-state index is -0.474. The number of amides is 1. The van der Waals surface area contributed by atoms with Crippen LogP contribution in [0.5, 0.6) is 0 Å². The molecule has 0 saturated heterocycles. The summed E-state index contributed by atoms with van der Waals surface area (Å²) < 4.78 is 6.25. The summed E-state index contributed by atoms with van der Waals surface area (Å²) in [6.45, 7) is 2.09. The first-order chi connectivity index (χ1) is 12.1. The van der Waals surface area contributed by atoms with E-state index in [0.29, 0.717) is 5.82 Å². The zero-order valence-corrected chi connectivity index (χ0v) is 15.3. The predicted octanol–water partition coefficient (Wildman–Crippen LogP) is 4.83. The maximum absolute atomic E-state index is 11.9. The molecule has 25 heavy (non-hydrogen) atoms. The van der Waals surface area contributed by atoms with Crippen molar-refractivity contribution in [3.05, 3.63) is 76.7 Å². The molecule has 0 unspecified atom stereocenters. The lowest BCUT2D eigenvalue weighted by atomic mass is 10.2. The van der Waals surface area contributed by atoms with E-state index in [1.54, 1.807) is 6.20 Å². The Hall–Kier alpha value is -2.60. The molecule has 0 fully saturated rings. The minimum absolute atomic E-state index is 0.238. The molecule has 128 valence electrons. The zero-order valence-electron chi connectivity index (χ0n) is 13.7. The molecule has 0 radical (unpaired) electrons. The summed E-state index contributed by atoms with van der Waals surface area (Å²) in [5.41, 5.74) is 2.87. The quantitative estimate of drug-likeness (QED) is 0.645. The standard InChI is InChI=1S/C19H18BrN3O2/c1-13(22-19(24)25-12-14-5-3-2-4-6-14)18-21-11-17(23-18)15-7-9-16(20)10-8-15/h2-11,13H,12H2,1H3,(H,21,23)(H,22,24)/t13-/m0/s1. The van der Waals surface area contributed by atoms with E-state index in [4.69, 9.17) is 4.74 Å². The second kappa shape index (κ2) is 7.98. The fourth-order valence-electron chi connectivity index (χ4n) is 2.34. The second-order valence-corrected chi connectivity index (χ2v) is 6.53.